The van der Waals surface area contributed by atoms with Crippen LogP contribution in [0.3, 0.4) is 0 Å². The van der Waals surface area contributed by atoms with E-state index in [4.69, 9.17) is 0 Å². The molecule has 0 saturated heterocycles. The van der Waals surface area contributed by atoms with E-state index in [2.05, 4.69) is 140 Å². The van der Waals surface area contributed by atoms with E-state index in [1.165, 1.54) is 47.1 Å². The van der Waals surface area contributed by atoms with E-state index >= 15 is 0 Å². The van der Waals surface area contributed by atoms with E-state index in [1.807, 2.05) is 3.21 Å². The fourth-order valence-electron chi connectivity index (χ4n) is 7.08. The first-order valence-electron chi connectivity index (χ1n) is 15.9. The predicted molar refractivity (Wildman–Crippen MR) is 175 cm³/mol. The van der Waals surface area contributed by atoms with Gasteiger partial charge in [-0.05, 0) is 0 Å². The average molecular weight is 620 g/mol. The molecule has 0 heterocycles. The Morgan fingerprint density at radius 3 is 1.63 bits per heavy atom. The Labute approximate surface area is 257 Å². The van der Waals surface area contributed by atoms with Gasteiger partial charge >= 0.3 is 259 Å². The molecule has 0 aromatic heterocycles. The van der Waals surface area contributed by atoms with Crippen molar-refractivity contribution in [3.63, 3.8) is 0 Å². The molecule has 3 aliphatic rings. The van der Waals surface area contributed by atoms with Crippen LogP contribution in [-0.4, -0.2) is 3.21 Å². The van der Waals surface area contributed by atoms with Gasteiger partial charge in [0.05, 0.1) is 0 Å². The van der Waals surface area contributed by atoms with Crippen LogP contribution in [-0.2, 0) is 32.1 Å². The second kappa shape index (κ2) is 10.9. The van der Waals surface area contributed by atoms with Crippen molar-refractivity contribution in [1.29, 1.82) is 0 Å². The molecule has 3 aromatic rings. The first-order valence-corrected chi connectivity index (χ1v) is 20.0. The molecule has 0 radical (unpaired) electrons. The van der Waals surface area contributed by atoms with Crippen LogP contribution in [0.4, 0.5) is 0 Å². The molecule has 212 valence electrons. The third-order valence-electron chi connectivity index (χ3n) is 9.88. The molecule has 0 aliphatic heterocycles. The zero-order valence-electron chi connectivity index (χ0n) is 26.5. The Hall–Kier alpha value is -2.11. The number of fused-ring (bicyclic) bond motifs is 3. The van der Waals surface area contributed by atoms with E-state index in [1.54, 1.807) is 16.7 Å². The summed E-state index contributed by atoms with van der Waals surface area (Å²) in [6, 6.07) is 24.8. The van der Waals surface area contributed by atoms with Crippen molar-refractivity contribution >= 4 is 3.21 Å². The van der Waals surface area contributed by atoms with Gasteiger partial charge in [-0.2, -0.15) is 0 Å². The van der Waals surface area contributed by atoms with Gasteiger partial charge in [0.25, 0.3) is 0 Å². The standard InChI is InChI=1S/C21H25.C14H18.C5H5.Zr/c1-20(2,3)16-7-9-18-14(12-16)11-15-13-17(21(4,5)6)8-10-19(15)18;1-11(2)14-8-6-13(7-9-14)10-12-4-3-5-12;1-2-4-5-3-1;/h7-13H,1-6H3;6-9,11-12H,3-5H2,1-2H3;1-5H;. The molecule has 3 aromatic carbocycles. The van der Waals surface area contributed by atoms with Crippen LogP contribution in [0, 0.1) is 5.92 Å². The molecule has 0 amide bonds. The summed E-state index contributed by atoms with van der Waals surface area (Å²) >= 11 is -2.47. The Balaban J connectivity index is 1.67. The van der Waals surface area contributed by atoms with Gasteiger partial charge in [-0.15, -0.1) is 0 Å². The van der Waals surface area contributed by atoms with Gasteiger partial charge in [0.15, 0.2) is 0 Å². The van der Waals surface area contributed by atoms with Gasteiger partial charge in [0.2, 0.25) is 0 Å². The third-order valence-corrected chi connectivity index (χ3v) is 18.9. The van der Waals surface area contributed by atoms with E-state index < -0.39 is 21.3 Å². The van der Waals surface area contributed by atoms with Gasteiger partial charge < -0.3 is 0 Å². The molecule has 1 saturated carbocycles. The van der Waals surface area contributed by atoms with Gasteiger partial charge in [0, 0.05) is 0 Å². The summed E-state index contributed by atoms with van der Waals surface area (Å²) in [6.07, 6.45) is 13.9. The molecular weight excluding hydrogens is 572 g/mol. The molecule has 1 fully saturated rings. The van der Waals surface area contributed by atoms with E-state index in [9.17, 15) is 0 Å². The van der Waals surface area contributed by atoms with Crippen LogP contribution >= 0.6 is 0 Å². The molecule has 0 spiro atoms. The number of allylic oxidation sites excluding steroid dienone is 4. The van der Waals surface area contributed by atoms with Crippen molar-refractivity contribution in [2.75, 3.05) is 0 Å². The van der Waals surface area contributed by atoms with Crippen molar-refractivity contribution in [1.82, 2.24) is 0 Å². The maximum atomic E-state index is 2.62. The second-order valence-electron chi connectivity index (χ2n) is 15.1. The monoisotopic (exact) mass is 618 g/mol. The molecule has 6 rings (SSSR count). The van der Waals surface area contributed by atoms with E-state index in [-0.39, 0.29) is 10.8 Å². The Bertz CT molecular complexity index is 1470. The third kappa shape index (κ3) is 5.42. The van der Waals surface area contributed by atoms with Crippen LogP contribution in [0.5, 0.6) is 0 Å². The minimum atomic E-state index is -2.47. The SMILES string of the molecule is CC(C)c1ccc([C](C2CCC2)=[Zr]([CH]2C=CC=C2)[CH]2c3cc(C(C)(C)C)ccc3-c3ccc(C(C)(C)C)cc32)cc1. The van der Waals surface area contributed by atoms with Gasteiger partial charge in [-0.3, -0.25) is 0 Å². The Morgan fingerprint density at radius 2 is 1.22 bits per heavy atom. The topological polar surface area (TPSA) is 0 Å². The van der Waals surface area contributed by atoms with Crippen LogP contribution in [0.1, 0.15) is 118 Å². The Kier molecular flexibility index (Phi) is 7.68. The summed E-state index contributed by atoms with van der Waals surface area (Å²) in [6.45, 7) is 18.8. The van der Waals surface area contributed by atoms with Crippen molar-refractivity contribution in [3.8, 4) is 11.1 Å². The van der Waals surface area contributed by atoms with E-state index in [0.717, 1.165) is 5.92 Å². The summed E-state index contributed by atoms with van der Waals surface area (Å²) in [5.74, 6) is 1.32. The first-order chi connectivity index (χ1) is 19.4. The maximum absolute atomic E-state index is 2.62. The van der Waals surface area contributed by atoms with Crippen molar-refractivity contribution in [2.45, 2.75) is 98.7 Å². The fraction of sp³-hybridized carbons (Fsp3) is 0.425. The summed E-state index contributed by atoms with van der Waals surface area (Å²) in [5.41, 5.74) is 12.4. The summed E-state index contributed by atoms with van der Waals surface area (Å²) < 4.78 is 3.02. The van der Waals surface area contributed by atoms with Crippen LogP contribution < -0.4 is 0 Å². The molecule has 0 N–H and O–H groups in total. The number of hydrogen-bond acceptors (Lipinski definition) is 0. The summed E-state index contributed by atoms with van der Waals surface area (Å²) in [4.78, 5) is 0. The van der Waals surface area contributed by atoms with Crippen LogP contribution in [0.2, 0.25) is 3.63 Å². The average Bonchev–Trinajstić information content (AvgIpc) is 3.53. The molecule has 41 heavy (non-hydrogen) atoms. The molecular formula is C40H48Zr. The van der Waals surface area contributed by atoms with Gasteiger partial charge in [-0.1, -0.05) is 0 Å². The molecule has 0 bridgehead atoms. The van der Waals surface area contributed by atoms with Gasteiger partial charge in [0.1, 0.15) is 0 Å². The number of hydrogen-bond donors (Lipinski definition) is 0. The summed E-state index contributed by atoms with van der Waals surface area (Å²) in [5, 5.41) is 0. The number of rotatable bonds is 5. The van der Waals surface area contributed by atoms with Crippen LogP contribution in [0.15, 0.2) is 85.0 Å². The van der Waals surface area contributed by atoms with Crippen LogP contribution in [0.25, 0.3) is 11.1 Å². The van der Waals surface area contributed by atoms with Crippen molar-refractivity contribution < 1.29 is 21.3 Å². The zero-order valence-corrected chi connectivity index (χ0v) is 29.0. The minimum absolute atomic E-state index is 0.134. The van der Waals surface area contributed by atoms with E-state index in [0.29, 0.717) is 13.2 Å². The van der Waals surface area contributed by atoms with Crippen molar-refractivity contribution in [3.05, 3.63) is 118 Å². The molecule has 3 aliphatic carbocycles. The quantitative estimate of drug-likeness (QED) is 0.266. The normalized spacial score (nSPS) is 18.1. The molecule has 0 unspecified atom stereocenters. The first kappa shape index (κ1) is 29.0. The summed E-state index contributed by atoms with van der Waals surface area (Å²) in [7, 11) is 0. The van der Waals surface area contributed by atoms with Gasteiger partial charge in [-0.25, -0.2) is 0 Å². The number of benzene rings is 3. The second-order valence-corrected chi connectivity index (χ2v) is 21.7. The zero-order chi connectivity index (χ0) is 29.1. The molecule has 1 heteroatoms. The van der Waals surface area contributed by atoms with Crippen molar-refractivity contribution in [2.24, 2.45) is 5.92 Å². The Morgan fingerprint density at radius 1 is 0.707 bits per heavy atom. The molecule has 0 nitrogen and oxygen atoms in total. The molecule has 0 atom stereocenters. The predicted octanol–water partition coefficient (Wildman–Crippen LogP) is 11.0. The fourth-order valence-corrected chi connectivity index (χ4v) is 17.2.